The van der Waals surface area contributed by atoms with E-state index in [1.165, 1.54) is 38.9 Å². The quantitative estimate of drug-likeness (QED) is 0.642. The monoisotopic (exact) mass is 233 g/mol. The first kappa shape index (κ1) is 9.95. The van der Waals surface area contributed by atoms with Crippen LogP contribution in [0, 0.1) is 6.92 Å². The van der Waals surface area contributed by atoms with Crippen molar-refractivity contribution in [1.29, 1.82) is 0 Å². The van der Waals surface area contributed by atoms with Gasteiger partial charge in [0.05, 0.1) is 5.69 Å². The molecule has 2 aliphatic rings. The second kappa shape index (κ2) is 3.26. The van der Waals surface area contributed by atoms with Gasteiger partial charge >= 0.3 is 0 Å². The van der Waals surface area contributed by atoms with Crippen LogP contribution in [0.15, 0.2) is 42.0 Å². The zero-order valence-corrected chi connectivity index (χ0v) is 10.7. The van der Waals surface area contributed by atoms with Gasteiger partial charge in [0, 0.05) is 29.1 Å². The van der Waals surface area contributed by atoms with E-state index >= 15 is 0 Å². The van der Waals surface area contributed by atoms with Gasteiger partial charge in [-0.05, 0) is 37.1 Å². The van der Waals surface area contributed by atoms with E-state index in [4.69, 9.17) is 0 Å². The number of hydrogen-bond donors (Lipinski definition) is 0. The zero-order valence-electron chi connectivity index (χ0n) is 10.7. The number of hydrogen-bond acceptors (Lipinski definition) is 0. The number of fused-ring (bicyclic) bond motifs is 5. The molecule has 0 unspecified atom stereocenters. The number of allylic oxidation sites excluding steroid dienone is 5. The van der Waals surface area contributed by atoms with Gasteiger partial charge in [0.25, 0.3) is 0 Å². The van der Waals surface area contributed by atoms with E-state index in [0.717, 1.165) is 6.42 Å². The number of nitrogens with zero attached hydrogens (tertiary/aromatic N) is 1. The van der Waals surface area contributed by atoms with Gasteiger partial charge in [0.15, 0.2) is 0 Å². The Balaban J connectivity index is 2.14. The molecule has 0 radical (unpaired) electrons. The van der Waals surface area contributed by atoms with E-state index in [1.54, 1.807) is 0 Å². The maximum Gasteiger partial charge on any atom is 0.0565 e. The molecule has 0 atom stereocenters. The molecule has 1 aromatic heterocycles. The highest BCUT2D eigenvalue weighted by Crippen LogP contribution is 2.43. The molecule has 88 valence electrons. The van der Waals surface area contributed by atoms with Gasteiger partial charge in [0.2, 0.25) is 0 Å². The zero-order chi connectivity index (χ0) is 12.3. The van der Waals surface area contributed by atoms with Crippen molar-refractivity contribution in [1.82, 2.24) is 4.57 Å². The van der Waals surface area contributed by atoms with Crippen LogP contribution in [0.25, 0.3) is 22.6 Å². The van der Waals surface area contributed by atoms with Crippen LogP contribution in [-0.4, -0.2) is 4.57 Å². The number of rotatable bonds is 0. The van der Waals surface area contributed by atoms with Crippen LogP contribution in [-0.2, 0) is 7.05 Å². The largest absolute Gasteiger partial charge is 0.343 e. The molecule has 1 aromatic carbocycles. The Morgan fingerprint density at radius 2 is 2.11 bits per heavy atom. The molecule has 0 fully saturated rings. The summed E-state index contributed by atoms with van der Waals surface area (Å²) in [6, 6.07) is 6.73. The average molecular weight is 233 g/mol. The van der Waals surface area contributed by atoms with Crippen molar-refractivity contribution in [2.45, 2.75) is 13.3 Å². The lowest BCUT2D eigenvalue weighted by Crippen LogP contribution is -1.96. The summed E-state index contributed by atoms with van der Waals surface area (Å²) < 4.78 is 2.33. The first-order chi connectivity index (χ1) is 8.75. The Kier molecular flexibility index (Phi) is 1.80. The Morgan fingerprint density at radius 1 is 1.22 bits per heavy atom. The van der Waals surface area contributed by atoms with Crippen molar-refractivity contribution in [2.75, 3.05) is 0 Å². The number of benzene rings is 1. The van der Waals surface area contributed by atoms with Gasteiger partial charge in [-0.25, -0.2) is 0 Å². The fourth-order valence-corrected chi connectivity index (χ4v) is 3.18. The summed E-state index contributed by atoms with van der Waals surface area (Å²) in [4.78, 5) is 0. The summed E-state index contributed by atoms with van der Waals surface area (Å²) in [5, 5.41) is 1.38. The minimum absolute atomic E-state index is 1.06. The third kappa shape index (κ3) is 1.11. The fourth-order valence-electron chi connectivity index (χ4n) is 3.18. The third-order valence-electron chi connectivity index (χ3n) is 4.05. The van der Waals surface area contributed by atoms with Crippen LogP contribution in [0.1, 0.15) is 23.2 Å². The minimum atomic E-state index is 1.06. The molecule has 4 rings (SSSR count). The molecule has 0 aliphatic heterocycles. The molecule has 0 N–H and O–H groups in total. The van der Waals surface area contributed by atoms with Crippen molar-refractivity contribution >= 4 is 22.6 Å². The van der Waals surface area contributed by atoms with E-state index in [9.17, 15) is 0 Å². The third-order valence-corrected chi connectivity index (χ3v) is 4.05. The summed E-state index contributed by atoms with van der Waals surface area (Å²) in [7, 11) is 2.17. The molecule has 0 amide bonds. The Morgan fingerprint density at radius 3 is 3.00 bits per heavy atom. The van der Waals surface area contributed by atoms with Crippen LogP contribution in [0.5, 0.6) is 0 Å². The molecule has 1 heterocycles. The average Bonchev–Trinajstić information content (AvgIpc) is 2.87. The van der Waals surface area contributed by atoms with Gasteiger partial charge in [-0.15, -0.1) is 0 Å². The van der Waals surface area contributed by atoms with Gasteiger partial charge in [-0.3, -0.25) is 0 Å². The first-order valence-corrected chi connectivity index (χ1v) is 6.43. The summed E-state index contributed by atoms with van der Waals surface area (Å²) in [5.74, 6) is 0. The topological polar surface area (TPSA) is 4.93 Å². The number of aromatic nitrogens is 1. The minimum Gasteiger partial charge on any atom is -0.343 e. The molecule has 0 spiro atoms. The maximum atomic E-state index is 2.37. The first-order valence-electron chi connectivity index (χ1n) is 6.43. The van der Waals surface area contributed by atoms with Crippen molar-refractivity contribution < 1.29 is 0 Å². The fraction of sp³-hybridized carbons (Fsp3) is 0.176. The molecule has 2 aromatic rings. The van der Waals surface area contributed by atoms with Crippen LogP contribution < -0.4 is 0 Å². The molecule has 18 heavy (non-hydrogen) atoms. The Hall–Kier alpha value is -2.02. The normalized spacial score (nSPS) is 16.6. The molecular weight excluding hydrogens is 218 g/mol. The predicted molar refractivity (Wildman–Crippen MR) is 77.4 cm³/mol. The molecule has 0 bridgehead atoms. The summed E-state index contributed by atoms with van der Waals surface area (Å²) in [6.45, 7) is 2.16. The maximum absolute atomic E-state index is 2.37. The predicted octanol–water partition coefficient (Wildman–Crippen LogP) is 4.23. The highest BCUT2D eigenvalue weighted by Gasteiger charge is 2.25. The van der Waals surface area contributed by atoms with Crippen LogP contribution in [0.4, 0.5) is 0 Å². The molecule has 1 nitrogen and oxygen atoms in total. The van der Waals surface area contributed by atoms with Crippen LogP contribution in [0.3, 0.4) is 0 Å². The van der Waals surface area contributed by atoms with Gasteiger partial charge < -0.3 is 4.57 Å². The molecule has 2 aliphatic carbocycles. The SMILES string of the molecule is Cc1ccc2c(c1)c1c(n2C)C2=CC=CCC2=C1. The van der Waals surface area contributed by atoms with Crippen molar-refractivity contribution in [3.63, 3.8) is 0 Å². The van der Waals surface area contributed by atoms with E-state index < -0.39 is 0 Å². The lowest BCUT2D eigenvalue weighted by Gasteiger charge is -2.10. The Bertz CT molecular complexity index is 766. The van der Waals surface area contributed by atoms with Crippen molar-refractivity contribution in [3.05, 3.63) is 58.8 Å². The second-order valence-electron chi connectivity index (χ2n) is 5.22. The van der Waals surface area contributed by atoms with E-state index in [2.05, 4.69) is 61.0 Å². The standard InChI is InChI=1S/C17H15N/c1-11-7-8-16-14(9-11)15-10-12-5-3-4-6-13(12)17(15)18(16)2/h3-4,6-10H,5H2,1-2H3. The highest BCUT2D eigenvalue weighted by atomic mass is 15.0. The lowest BCUT2D eigenvalue weighted by molar-refractivity contribution is 0.947. The van der Waals surface area contributed by atoms with Crippen LogP contribution >= 0.6 is 0 Å². The smallest absolute Gasteiger partial charge is 0.0565 e. The van der Waals surface area contributed by atoms with Gasteiger partial charge in [0.1, 0.15) is 0 Å². The lowest BCUT2D eigenvalue weighted by atomic mass is 10.0. The Labute approximate surface area is 107 Å². The molecule has 0 saturated heterocycles. The highest BCUT2D eigenvalue weighted by molar-refractivity contribution is 6.05. The molecule has 0 saturated carbocycles. The summed E-state index contributed by atoms with van der Waals surface area (Å²) in [6.07, 6.45) is 10.1. The summed E-state index contributed by atoms with van der Waals surface area (Å²) in [5.41, 5.74) is 8.31. The molecular formula is C17H15N. The second-order valence-corrected chi connectivity index (χ2v) is 5.22. The van der Waals surface area contributed by atoms with E-state index in [1.807, 2.05) is 0 Å². The van der Waals surface area contributed by atoms with E-state index in [-0.39, 0.29) is 0 Å². The van der Waals surface area contributed by atoms with Crippen molar-refractivity contribution in [2.24, 2.45) is 7.05 Å². The summed E-state index contributed by atoms with van der Waals surface area (Å²) >= 11 is 0. The van der Waals surface area contributed by atoms with Crippen molar-refractivity contribution in [3.8, 4) is 0 Å². The van der Waals surface area contributed by atoms with Crippen LogP contribution in [0.2, 0.25) is 0 Å². The molecule has 1 heteroatoms. The number of aryl methyl sites for hydroxylation is 2. The van der Waals surface area contributed by atoms with E-state index in [0.29, 0.717) is 0 Å². The van der Waals surface area contributed by atoms with Gasteiger partial charge in [-0.2, -0.15) is 0 Å². The van der Waals surface area contributed by atoms with Gasteiger partial charge in [-0.1, -0.05) is 29.9 Å².